The number of amides is 1. The number of carbonyl (C=O) groups excluding carboxylic acids is 1. The molecule has 0 N–H and O–H groups in total. The zero-order chi connectivity index (χ0) is 16.1. The van der Waals surface area contributed by atoms with Gasteiger partial charge < -0.3 is 9.32 Å². The fourth-order valence-electron chi connectivity index (χ4n) is 5.23. The second-order valence-electron chi connectivity index (χ2n) is 7.92. The molecule has 5 rings (SSSR count). The van der Waals surface area contributed by atoms with Crippen molar-refractivity contribution in [2.24, 2.45) is 17.8 Å². The van der Waals surface area contributed by atoms with Crippen molar-refractivity contribution in [3.05, 3.63) is 30.2 Å². The van der Waals surface area contributed by atoms with E-state index in [2.05, 4.69) is 9.88 Å². The van der Waals surface area contributed by atoms with E-state index in [4.69, 9.17) is 4.42 Å². The highest BCUT2D eigenvalue weighted by Gasteiger charge is 2.45. The molecule has 1 aromatic carbocycles. The number of hydrogen-bond acceptors (Lipinski definition) is 3. The van der Waals surface area contributed by atoms with Crippen LogP contribution in [0.25, 0.3) is 11.1 Å². The highest BCUT2D eigenvalue weighted by atomic mass is 16.3. The molecule has 3 aliphatic rings. The maximum atomic E-state index is 13.0. The SMILES string of the molecule is O=C([C@H]1C[C@H]2CC[C@@H]1C2)N1CCC[C@@H](c2nc3ccccc3o2)C1. The van der Waals surface area contributed by atoms with Gasteiger partial charge >= 0.3 is 0 Å². The number of piperidine rings is 1. The first-order chi connectivity index (χ1) is 11.8. The van der Waals surface area contributed by atoms with Gasteiger partial charge in [-0.15, -0.1) is 0 Å². The topological polar surface area (TPSA) is 46.3 Å². The molecule has 0 radical (unpaired) electrons. The number of carbonyl (C=O) groups is 1. The van der Waals surface area contributed by atoms with Gasteiger partial charge in [-0.05, 0) is 56.1 Å². The molecule has 1 saturated heterocycles. The molecular formula is C20H24N2O2. The van der Waals surface area contributed by atoms with Crippen molar-refractivity contribution < 1.29 is 9.21 Å². The van der Waals surface area contributed by atoms with Crippen LogP contribution in [0.15, 0.2) is 28.7 Å². The van der Waals surface area contributed by atoms with E-state index >= 15 is 0 Å². The Morgan fingerprint density at radius 2 is 2.08 bits per heavy atom. The molecule has 126 valence electrons. The zero-order valence-electron chi connectivity index (χ0n) is 14.0. The van der Waals surface area contributed by atoms with Crippen LogP contribution in [0.1, 0.15) is 50.3 Å². The third-order valence-electron chi connectivity index (χ3n) is 6.45. The predicted octanol–water partition coefficient (Wildman–Crippen LogP) is 3.97. The number of para-hydroxylation sites is 2. The Morgan fingerprint density at radius 3 is 2.88 bits per heavy atom. The Labute approximate surface area is 142 Å². The molecule has 0 unspecified atom stereocenters. The van der Waals surface area contributed by atoms with Crippen LogP contribution in [0.5, 0.6) is 0 Å². The molecule has 4 heteroatoms. The molecule has 1 amide bonds. The maximum Gasteiger partial charge on any atom is 0.225 e. The van der Waals surface area contributed by atoms with E-state index in [1.807, 2.05) is 24.3 Å². The average Bonchev–Trinajstić information content (AvgIpc) is 3.35. The van der Waals surface area contributed by atoms with Gasteiger partial charge in [0.1, 0.15) is 5.52 Å². The summed E-state index contributed by atoms with van der Waals surface area (Å²) in [5.41, 5.74) is 1.77. The van der Waals surface area contributed by atoms with Gasteiger partial charge in [-0.1, -0.05) is 18.6 Å². The van der Waals surface area contributed by atoms with Gasteiger partial charge in [0.2, 0.25) is 5.91 Å². The Bertz CT molecular complexity index is 735. The monoisotopic (exact) mass is 324 g/mol. The predicted molar refractivity (Wildman–Crippen MR) is 91.5 cm³/mol. The molecule has 2 heterocycles. The summed E-state index contributed by atoms with van der Waals surface area (Å²) in [7, 11) is 0. The number of oxazole rings is 1. The lowest BCUT2D eigenvalue weighted by atomic mass is 9.86. The lowest BCUT2D eigenvalue weighted by Gasteiger charge is -2.35. The van der Waals surface area contributed by atoms with Crippen molar-refractivity contribution in [2.45, 2.75) is 44.4 Å². The van der Waals surface area contributed by atoms with Crippen molar-refractivity contribution in [3.63, 3.8) is 0 Å². The molecule has 2 aliphatic carbocycles. The lowest BCUT2D eigenvalue weighted by molar-refractivity contribution is -0.138. The molecule has 1 aromatic heterocycles. The first-order valence-corrected chi connectivity index (χ1v) is 9.42. The fourth-order valence-corrected chi connectivity index (χ4v) is 5.23. The summed E-state index contributed by atoms with van der Waals surface area (Å²) in [5.74, 6) is 3.23. The zero-order valence-corrected chi connectivity index (χ0v) is 14.0. The normalized spacial score (nSPS) is 32.6. The molecule has 3 fully saturated rings. The molecule has 24 heavy (non-hydrogen) atoms. The smallest absolute Gasteiger partial charge is 0.225 e. The molecule has 2 aromatic rings. The van der Waals surface area contributed by atoms with Crippen LogP contribution in [0.2, 0.25) is 0 Å². The van der Waals surface area contributed by atoms with Gasteiger partial charge in [0, 0.05) is 19.0 Å². The number of rotatable bonds is 2. The molecule has 4 atom stereocenters. The minimum Gasteiger partial charge on any atom is -0.440 e. The van der Waals surface area contributed by atoms with E-state index in [0.717, 1.165) is 55.3 Å². The van der Waals surface area contributed by atoms with Gasteiger partial charge in [0.25, 0.3) is 0 Å². The molecule has 2 bridgehead atoms. The van der Waals surface area contributed by atoms with E-state index in [-0.39, 0.29) is 5.92 Å². The summed E-state index contributed by atoms with van der Waals surface area (Å²) in [4.78, 5) is 19.8. The molecule has 1 aliphatic heterocycles. The molecule has 4 nitrogen and oxygen atoms in total. The Morgan fingerprint density at radius 1 is 1.17 bits per heavy atom. The van der Waals surface area contributed by atoms with Gasteiger partial charge in [-0.3, -0.25) is 4.79 Å². The van der Waals surface area contributed by atoms with Crippen molar-refractivity contribution >= 4 is 17.0 Å². The van der Waals surface area contributed by atoms with E-state index in [9.17, 15) is 4.79 Å². The molecule has 0 spiro atoms. The summed E-state index contributed by atoms with van der Waals surface area (Å²) in [5, 5.41) is 0. The summed E-state index contributed by atoms with van der Waals surface area (Å²) in [6, 6.07) is 7.92. The summed E-state index contributed by atoms with van der Waals surface area (Å²) < 4.78 is 5.96. The molecular weight excluding hydrogens is 300 g/mol. The second kappa shape index (κ2) is 5.61. The van der Waals surface area contributed by atoms with Crippen molar-refractivity contribution in [1.29, 1.82) is 0 Å². The van der Waals surface area contributed by atoms with Gasteiger partial charge in [0.05, 0.1) is 5.92 Å². The van der Waals surface area contributed by atoms with Crippen molar-refractivity contribution in [1.82, 2.24) is 9.88 Å². The number of nitrogens with zero attached hydrogens (tertiary/aromatic N) is 2. The van der Waals surface area contributed by atoms with Gasteiger partial charge in [-0.25, -0.2) is 4.98 Å². The highest BCUT2D eigenvalue weighted by Crippen LogP contribution is 2.49. The van der Waals surface area contributed by atoms with Crippen LogP contribution in [0, 0.1) is 17.8 Å². The summed E-state index contributed by atoms with van der Waals surface area (Å²) in [6.45, 7) is 1.68. The maximum absolute atomic E-state index is 13.0. The van der Waals surface area contributed by atoms with E-state index in [1.165, 1.54) is 19.3 Å². The first-order valence-electron chi connectivity index (χ1n) is 9.42. The van der Waals surface area contributed by atoms with Crippen LogP contribution in [0.3, 0.4) is 0 Å². The number of fused-ring (bicyclic) bond motifs is 3. The summed E-state index contributed by atoms with van der Waals surface area (Å²) >= 11 is 0. The van der Waals surface area contributed by atoms with Gasteiger partial charge in [0.15, 0.2) is 11.5 Å². The van der Waals surface area contributed by atoms with Crippen LogP contribution in [0.4, 0.5) is 0 Å². The van der Waals surface area contributed by atoms with Crippen LogP contribution < -0.4 is 0 Å². The van der Waals surface area contributed by atoms with Crippen molar-refractivity contribution in [2.75, 3.05) is 13.1 Å². The lowest BCUT2D eigenvalue weighted by Crippen LogP contribution is -2.43. The Kier molecular flexibility index (Phi) is 3.39. The van der Waals surface area contributed by atoms with Crippen LogP contribution in [-0.2, 0) is 4.79 Å². The van der Waals surface area contributed by atoms with E-state index < -0.39 is 0 Å². The fraction of sp³-hybridized carbons (Fsp3) is 0.600. The molecule has 2 saturated carbocycles. The number of hydrogen-bond donors (Lipinski definition) is 0. The first kappa shape index (κ1) is 14.5. The number of aromatic nitrogens is 1. The minimum absolute atomic E-state index is 0.244. The average molecular weight is 324 g/mol. The summed E-state index contributed by atoms with van der Waals surface area (Å²) in [6.07, 6.45) is 7.15. The minimum atomic E-state index is 0.244. The highest BCUT2D eigenvalue weighted by molar-refractivity contribution is 5.80. The van der Waals surface area contributed by atoms with E-state index in [0.29, 0.717) is 17.7 Å². The second-order valence-corrected chi connectivity index (χ2v) is 7.92. The third kappa shape index (κ3) is 2.35. The van der Waals surface area contributed by atoms with E-state index in [1.54, 1.807) is 0 Å². The van der Waals surface area contributed by atoms with Gasteiger partial charge in [-0.2, -0.15) is 0 Å². The number of likely N-dealkylation sites (tertiary alicyclic amines) is 1. The van der Waals surface area contributed by atoms with Crippen LogP contribution in [-0.4, -0.2) is 28.9 Å². The van der Waals surface area contributed by atoms with Crippen molar-refractivity contribution in [3.8, 4) is 0 Å². The number of benzene rings is 1. The quantitative estimate of drug-likeness (QED) is 0.839. The Hall–Kier alpha value is -1.84. The standard InChI is InChI=1S/C20H24N2O2/c23-20(16-11-13-7-8-14(16)10-13)22-9-3-4-15(12-22)19-21-17-5-1-2-6-18(17)24-19/h1-2,5-6,13-16H,3-4,7-12H2/t13-,14+,15+,16-/m0/s1. The third-order valence-corrected chi connectivity index (χ3v) is 6.45. The van der Waals surface area contributed by atoms with Crippen LogP contribution >= 0.6 is 0 Å². The largest absolute Gasteiger partial charge is 0.440 e. The Balaban J connectivity index is 1.33.